The van der Waals surface area contributed by atoms with Crippen molar-refractivity contribution in [2.45, 2.75) is 51.0 Å². The number of carbonyl (C=O) groups excluding carboxylic acids is 2. The number of para-hydroxylation sites is 1. The third kappa shape index (κ3) is 6.04. The predicted octanol–water partition coefficient (Wildman–Crippen LogP) is 4.49. The van der Waals surface area contributed by atoms with Crippen LogP contribution in [0.2, 0.25) is 0 Å². The maximum Gasteiger partial charge on any atom is 0.573 e. The number of carbonyl (C=O) groups is 2. The molecule has 1 aliphatic rings. The van der Waals surface area contributed by atoms with Gasteiger partial charge >= 0.3 is 6.36 Å². The number of alkyl halides is 3. The van der Waals surface area contributed by atoms with E-state index in [1.807, 2.05) is 12.1 Å². The van der Waals surface area contributed by atoms with Gasteiger partial charge in [0.05, 0.1) is 5.56 Å². The van der Waals surface area contributed by atoms with Crippen molar-refractivity contribution in [2.24, 2.45) is 0 Å². The number of rotatable bonds is 4. The monoisotopic (exact) mass is 464 g/mol. The molecule has 2 aromatic rings. The number of nitrogens with one attached hydrogen (secondary N) is 1. The molecule has 9 heteroatoms. The van der Waals surface area contributed by atoms with Gasteiger partial charge in [-0.1, -0.05) is 45.0 Å². The lowest BCUT2D eigenvalue weighted by atomic mass is 9.87. The van der Waals surface area contributed by atoms with Gasteiger partial charge in [-0.15, -0.1) is 13.2 Å². The summed E-state index contributed by atoms with van der Waals surface area (Å²) < 4.78 is 41.9. The molecule has 2 N–H and O–H groups in total. The first-order valence-corrected chi connectivity index (χ1v) is 10.6. The molecule has 0 bridgehead atoms. The lowest BCUT2D eigenvalue weighted by molar-refractivity contribution is -0.274. The van der Waals surface area contributed by atoms with Gasteiger partial charge in [0.15, 0.2) is 0 Å². The molecule has 0 spiro atoms. The van der Waals surface area contributed by atoms with Crippen molar-refractivity contribution in [3.8, 4) is 5.75 Å². The summed E-state index contributed by atoms with van der Waals surface area (Å²) in [7, 11) is 0. The van der Waals surface area contributed by atoms with E-state index in [4.69, 9.17) is 0 Å². The molecule has 3 rings (SSSR count). The van der Waals surface area contributed by atoms with Crippen LogP contribution in [0.15, 0.2) is 48.5 Å². The van der Waals surface area contributed by atoms with Crippen molar-refractivity contribution < 1.29 is 32.6 Å². The average molecular weight is 464 g/mol. The second-order valence-electron chi connectivity index (χ2n) is 9.15. The van der Waals surface area contributed by atoms with Crippen molar-refractivity contribution >= 4 is 17.5 Å². The number of benzene rings is 2. The summed E-state index contributed by atoms with van der Waals surface area (Å²) >= 11 is 0. The van der Waals surface area contributed by atoms with E-state index in [1.54, 1.807) is 12.1 Å². The molecule has 0 unspecified atom stereocenters. The maximum absolute atomic E-state index is 12.8. The fourth-order valence-corrected chi connectivity index (χ4v) is 3.64. The van der Waals surface area contributed by atoms with Crippen molar-refractivity contribution in [1.82, 2.24) is 4.90 Å². The molecule has 1 saturated heterocycles. The van der Waals surface area contributed by atoms with Gasteiger partial charge in [0.1, 0.15) is 11.4 Å². The Labute approximate surface area is 190 Å². The molecule has 0 atom stereocenters. The molecule has 1 aliphatic heterocycles. The van der Waals surface area contributed by atoms with Crippen molar-refractivity contribution in [3.05, 3.63) is 59.7 Å². The minimum absolute atomic E-state index is 0.00602. The number of halogens is 3. The van der Waals surface area contributed by atoms with Crippen LogP contribution in [0.5, 0.6) is 5.75 Å². The van der Waals surface area contributed by atoms with Crippen LogP contribution >= 0.6 is 0 Å². The first kappa shape index (κ1) is 24.6. The first-order valence-electron chi connectivity index (χ1n) is 10.6. The number of hydrogen-bond acceptors (Lipinski definition) is 4. The highest BCUT2D eigenvalue weighted by molar-refractivity contribution is 5.99. The highest BCUT2D eigenvalue weighted by atomic mass is 19.4. The Balaban J connectivity index is 1.64. The van der Waals surface area contributed by atoms with Crippen molar-refractivity contribution in [2.75, 3.05) is 18.4 Å². The molecule has 0 aromatic heterocycles. The Morgan fingerprint density at radius 2 is 1.58 bits per heavy atom. The summed E-state index contributed by atoms with van der Waals surface area (Å²) in [5.74, 6) is -1.83. The molecular weight excluding hydrogens is 437 g/mol. The SMILES string of the molecule is CC(C)(C)c1ccc(NC(=O)C2(O)CCN(C(=O)c3ccccc3OC(F)(F)F)CC2)cc1. The number of hydrogen-bond donors (Lipinski definition) is 2. The molecule has 0 aliphatic carbocycles. The van der Waals surface area contributed by atoms with Gasteiger partial charge in [0.2, 0.25) is 0 Å². The highest BCUT2D eigenvalue weighted by Crippen LogP contribution is 2.30. The van der Waals surface area contributed by atoms with Crippen LogP contribution in [0.3, 0.4) is 0 Å². The van der Waals surface area contributed by atoms with E-state index in [0.29, 0.717) is 5.69 Å². The normalized spacial score (nSPS) is 16.3. The van der Waals surface area contributed by atoms with E-state index in [-0.39, 0.29) is 36.9 Å². The van der Waals surface area contributed by atoms with Gasteiger partial charge in [0.25, 0.3) is 11.8 Å². The molecule has 6 nitrogen and oxygen atoms in total. The van der Waals surface area contributed by atoms with E-state index >= 15 is 0 Å². The molecule has 178 valence electrons. The van der Waals surface area contributed by atoms with Gasteiger partial charge in [-0.3, -0.25) is 9.59 Å². The van der Waals surface area contributed by atoms with Gasteiger partial charge < -0.3 is 20.1 Å². The summed E-state index contributed by atoms with van der Waals surface area (Å²) in [5.41, 5.74) is -0.326. The van der Waals surface area contributed by atoms with Crippen LogP contribution in [0.1, 0.15) is 49.5 Å². The Morgan fingerprint density at radius 3 is 2.12 bits per heavy atom. The molecule has 33 heavy (non-hydrogen) atoms. The lowest BCUT2D eigenvalue weighted by Gasteiger charge is -2.37. The largest absolute Gasteiger partial charge is 0.573 e. The quantitative estimate of drug-likeness (QED) is 0.699. The van der Waals surface area contributed by atoms with Crippen LogP contribution in [0, 0.1) is 0 Å². The van der Waals surface area contributed by atoms with Gasteiger partial charge in [-0.25, -0.2) is 0 Å². The minimum atomic E-state index is -4.93. The summed E-state index contributed by atoms with van der Waals surface area (Å²) in [5, 5.41) is 13.5. The maximum atomic E-state index is 12.8. The molecule has 2 amide bonds. The molecule has 0 saturated carbocycles. The zero-order chi connectivity index (χ0) is 24.4. The Morgan fingerprint density at radius 1 is 1.00 bits per heavy atom. The summed E-state index contributed by atoms with van der Waals surface area (Å²) in [6, 6.07) is 12.4. The Hall–Kier alpha value is -3.07. The zero-order valence-electron chi connectivity index (χ0n) is 18.7. The molecular formula is C24H27F3N2O4. The van der Waals surface area contributed by atoms with Gasteiger partial charge in [-0.05, 0) is 35.2 Å². The summed E-state index contributed by atoms with van der Waals surface area (Å²) in [6.45, 7) is 6.24. The molecule has 1 fully saturated rings. The number of likely N-dealkylation sites (tertiary alicyclic amines) is 1. The van der Waals surface area contributed by atoms with Crippen molar-refractivity contribution in [3.63, 3.8) is 0 Å². The summed E-state index contributed by atoms with van der Waals surface area (Å²) in [6.07, 6.45) is -5.03. The molecule has 0 radical (unpaired) electrons. The Bertz CT molecular complexity index is 1010. The standard InChI is InChI=1S/C24H27F3N2O4/c1-22(2,3)16-8-10-17(11-9-16)28-21(31)23(32)12-14-29(15-13-23)20(30)18-6-4-5-7-19(18)33-24(25,26)27/h4-11,32H,12-15H2,1-3H3,(H,28,31). The Kier molecular flexibility index (Phi) is 6.74. The first-order chi connectivity index (χ1) is 15.3. The van der Waals surface area contributed by atoms with Gasteiger partial charge in [0, 0.05) is 31.6 Å². The van der Waals surface area contributed by atoms with E-state index in [0.717, 1.165) is 11.6 Å². The van der Waals surface area contributed by atoms with Crippen LogP contribution < -0.4 is 10.1 Å². The van der Waals surface area contributed by atoms with Gasteiger partial charge in [-0.2, -0.15) is 0 Å². The van der Waals surface area contributed by atoms with E-state index in [9.17, 15) is 27.9 Å². The van der Waals surface area contributed by atoms with Crippen LogP contribution in [0.4, 0.5) is 18.9 Å². The average Bonchev–Trinajstić information content (AvgIpc) is 2.73. The number of nitrogens with zero attached hydrogens (tertiary/aromatic N) is 1. The molecule has 1 heterocycles. The number of amides is 2. The third-order valence-corrected chi connectivity index (χ3v) is 5.65. The smallest absolute Gasteiger partial charge is 0.405 e. The van der Waals surface area contributed by atoms with E-state index in [2.05, 4.69) is 30.8 Å². The topological polar surface area (TPSA) is 78.9 Å². The summed E-state index contributed by atoms with van der Waals surface area (Å²) in [4.78, 5) is 26.8. The number of anilines is 1. The highest BCUT2D eigenvalue weighted by Gasteiger charge is 2.41. The number of ether oxygens (including phenoxy) is 1. The van der Waals surface area contributed by atoms with E-state index < -0.39 is 29.5 Å². The van der Waals surface area contributed by atoms with Crippen LogP contribution in [0.25, 0.3) is 0 Å². The predicted molar refractivity (Wildman–Crippen MR) is 117 cm³/mol. The van der Waals surface area contributed by atoms with Crippen LogP contribution in [-0.4, -0.2) is 46.9 Å². The van der Waals surface area contributed by atoms with Crippen LogP contribution in [-0.2, 0) is 10.2 Å². The minimum Gasteiger partial charge on any atom is -0.405 e. The number of piperidine rings is 1. The second kappa shape index (κ2) is 9.05. The lowest BCUT2D eigenvalue weighted by Crippen LogP contribution is -2.52. The molecule has 2 aromatic carbocycles. The second-order valence-corrected chi connectivity index (χ2v) is 9.15. The number of aliphatic hydroxyl groups is 1. The third-order valence-electron chi connectivity index (χ3n) is 5.65. The fraction of sp³-hybridized carbons (Fsp3) is 0.417. The van der Waals surface area contributed by atoms with Crippen molar-refractivity contribution in [1.29, 1.82) is 0 Å². The zero-order valence-corrected chi connectivity index (χ0v) is 18.7. The van der Waals surface area contributed by atoms with E-state index in [1.165, 1.54) is 23.1 Å². The fourth-order valence-electron chi connectivity index (χ4n) is 3.64.